The van der Waals surface area contributed by atoms with E-state index in [1.807, 2.05) is 24.3 Å². The number of anilines is 2. The lowest BCUT2D eigenvalue weighted by Crippen LogP contribution is -2.40. The second kappa shape index (κ2) is 10.4. The third-order valence-electron chi connectivity index (χ3n) is 8.30. The van der Waals surface area contributed by atoms with E-state index in [1.165, 1.54) is 0 Å². The van der Waals surface area contributed by atoms with Crippen molar-refractivity contribution in [3.8, 4) is 17.2 Å². The van der Waals surface area contributed by atoms with E-state index in [2.05, 4.69) is 26.7 Å². The number of carbonyl (C=O) groups excluding carboxylic acids is 2. The molecule has 11 heteroatoms. The quantitative estimate of drug-likeness (QED) is 0.342. The van der Waals surface area contributed by atoms with Crippen LogP contribution in [0.5, 0.6) is 0 Å². The van der Waals surface area contributed by atoms with Gasteiger partial charge in [-0.3, -0.25) is 19.2 Å². The standard InChI is InChI=1S/C32H33N7O4/c1-31(2,3)43-30(42)34-18-24-22-15-19(11-12-21(22)27(40)37-36-24)23-17-35-38(4)28(23)39-25-10-8-9-20(16-33)26(25)32(29(39)41)13-6-5-7-14-32/h8-12,15,17H,5-7,13-14,18H2,1-4H3,(H,34,42)(H,37,40). The van der Waals surface area contributed by atoms with Gasteiger partial charge in [-0.25, -0.2) is 9.89 Å². The van der Waals surface area contributed by atoms with Gasteiger partial charge in [-0.1, -0.05) is 31.4 Å². The Bertz CT molecular complexity index is 1870. The van der Waals surface area contributed by atoms with Gasteiger partial charge in [-0.15, -0.1) is 0 Å². The van der Waals surface area contributed by atoms with E-state index in [9.17, 15) is 19.6 Å². The molecule has 2 aromatic heterocycles. The minimum absolute atomic E-state index is 0.0307. The fourth-order valence-corrected chi connectivity index (χ4v) is 6.47. The van der Waals surface area contributed by atoms with Gasteiger partial charge in [0.15, 0.2) is 0 Å². The van der Waals surface area contributed by atoms with Gasteiger partial charge in [0.1, 0.15) is 11.4 Å². The smallest absolute Gasteiger partial charge is 0.407 e. The Morgan fingerprint density at radius 3 is 2.63 bits per heavy atom. The molecule has 2 amide bonds. The molecule has 0 bridgehead atoms. The maximum absolute atomic E-state index is 14.5. The van der Waals surface area contributed by atoms with Crippen LogP contribution in [0.2, 0.25) is 0 Å². The van der Waals surface area contributed by atoms with Gasteiger partial charge >= 0.3 is 6.09 Å². The second-order valence-corrected chi connectivity index (χ2v) is 12.2. The van der Waals surface area contributed by atoms with E-state index in [4.69, 9.17) is 4.74 Å². The first-order chi connectivity index (χ1) is 20.5. The molecule has 0 atom stereocenters. The summed E-state index contributed by atoms with van der Waals surface area (Å²) < 4.78 is 7.02. The van der Waals surface area contributed by atoms with Crippen molar-refractivity contribution in [3.05, 3.63) is 69.8 Å². The van der Waals surface area contributed by atoms with Crippen LogP contribution >= 0.6 is 0 Å². The number of fused-ring (bicyclic) bond motifs is 3. The van der Waals surface area contributed by atoms with Crippen LogP contribution in [0.25, 0.3) is 21.9 Å². The van der Waals surface area contributed by atoms with Crippen molar-refractivity contribution < 1.29 is 14.3 Å². The number of rotatable bonds is 4. The lowest BCUT2D eigenvalue weighted by molar-refractivity contribution is -0.123. The number of H-pyrrole nitrogens is 1. The van der Waals surface area contributed by atoms with Crippen LogP contribution < -0.4 is 15.8 Å². The van der Waals surface area contributed by atoms with Gasteiger partial charge in [-0.2, -0.15) is 15.5 Å². The highest BCUT2D eigenvalue weighted by Gasteiger charge is 2.53. The van der Waals surface area contributed by atoms with Crippen LogP contribution in [0.3, 0.4) is 0 Å². The van der Waals surface area contributed by atoms with Crippen LogP contribution in [0.15, 0.2) is 47.4 Å². The van der Waals surface area contributed by atoms with Crippen LogP contribution in [-0.4, -0.2) is 37.6 Å². The number of hydrogen-bond acceptors (Lipinski definition) is 7. The molecule has 0 radical (unpaired) electrons. The maximum atomic E-state index is 14.5. The highest BCUT2D eigenvalue weighted by molar-refractivity contribution is 6.15. The Hall–Kier alpha value is -4.98. The van der Waals surface area contributed by atoms with Crippen LogP contribution in [0.4, 0.5) is 16.3 Å². The van der Waals surface area contributed by atoms with E-state index >= 15 is 0 Å². The molecule has 4 aromatic rings. The number of amides is 2. The highest BCUT2D eigenvalue weighted by atomic mass is 16.6. The average molecular weight is 580 g/mol. The molecule has 220 valence electrons. The van der Waals surface area contributed by atoms with Crippen molar-refractivity contribution in [2.45, 2.75) is 70.4 Å². The first-order valence-electron chi connectivity index (χ1n) is 14.4. The van der Waals surface area contributed by atoms with E-state index in [0.717, 1.165) is 30.4 Å². The number of carbonyl (C=O) groups is 2. The molecule has 1 saturated carbocycles. The van der Waals surface area contributed by atoms with E-state index < -0.39 is 17.1 Å². The minimum atomic E-state index is -0.747. The summed E-state index contributed by atoms with van der Waals surface area (Å²) in [6.45, 7) is 5.36. The van der Waals surface area contributed by atoms with Gasteiger partial charge in [0, 0.05) is 23.6 Å². The molecule has 1 spiro atoms. The summed E-state index contributed by atoms with van der Waals surface area (Å²) in [5.74, 6) is 0.533. The zero-order chi connectivity index (χ0) is 30.5. The zero-order valence-electron chi connectivity index (χ0n) is 24.7. The zero-order valence-corrected chi connectivity index (χ0v) is 24.7. The SMILES string of the molecule is Cn1ncc(-c2ccc3c(=O)[nH]nc(CNC(=O)OC(C)(C)C)c3c2)c1N1C(=O)C2(CCCCC2)c2c(C#N)cccc21. The molecule has 2 aromatic carbocycles. The molecule has 11 nitrogen and oxygen atoms in total. The molecule has 3 heterocycles. The van der Waals surface area contributed by atoms with E-state index in [0.29, 0.717) is 51.9 Å². The number of nitriles is 1. The van der Waals surface area contributed by atoms with Gasteiger partial charge in [0.05, 0.1) is 46.6 Å². The first-order valence-corrected chi connectivity index (χ1v) is 14.4. The number of nitrogens with one attached hydrogen (secondary N) is 2. The Balaban J connectivity index is 1.45. The van der Waals surface area contributed by atoms with Crippen molar-refractivity contribution in [1.82, 2.24) is 25.3 Å². The number of hydrogen-bond donors (Lipinski definition) is 2. The Kier molecular flexibility index (Phi) is 6.80. The first kappa shape index (κ1) is 28.2. The molecule has 43 heavy (non-hydrogen) atoms. The molecule has 0 saturated heterocycles. The third-order valence-corrected chi connectivity index (χ3v) is 8.30. The van der Waals surface area contributed by atoms with Gasteiger partial charge in [0.25, 0.3) is 5.56 Å². The summed E-state index contributed by atoms with van der Waals surface area (Å²) in [5, 5.41) is 24.9. The molecular formula is C32H33N7O4. The Morgan fingerprint density at radius 1 is 1.14 bits per heavy atom. The van der Waals surface area contributed by atoms with Crippen molar-refractivity contribution >= 4 is 34.3 Å². The largest absolute Gasteiger partial charge is 0.444 e. The van der Waals surface area contributed by atoms with Crippen molar-refractivity contribution in [3.63, 3.8) is 0 Å². The topological polar surface area (TPSA) is 146 Å². The number of alkyl carbamates (subject to hydrolysis) is 1. The molecule has 2 N–H and O–H groups in total. The van der Waals surface area contributed by atoms with Crippen LogP contribution in [0.1, 0.15) is 69.7 Å². The summed E-state index contributed by atoms with van der Waals surface area (Å²) in [7, 11) is 1.79. The number of ether oxygens (including phenoxy) is 1. The van der Waals surface area contributed by atoms with E-state index in [-0.39, 0.29) is 18.0 Å². The molecule has 1 fully saturated rings. The van der Waals surface area contributed by atoms with Crippen LogP contribution in [-0.2, 0) is 28.5 Å². The van der Waals surface area contributed by atoms with Crippen molar-refractivity contribution in [1.29, 1.82) is 5.26 Å². The maximum Gasteiger partial charge on any atom is 0.407 e. The summed E-state index contributed by atoms with van der Waals surface area (Å²) in [4.78, 5) is 41.2. The lowest BCUT2D eigenvalue weighted by Gasteiger charge is -2.33. The molecular weight excluding hydrogens is 546 g/mol. The van der Waals surface area contributed by atoms with E-state index in [1.54, 1.807) is 55.7 Å². The highest BCUT2D eigenvalue weighted by Crippen LogP contribution is 2.54. The summed E-state index contributed by atoms with van der Waals surface area (Å²) in [6, 6.07) is 13.2. The molecule has 1 aliphatic carbocycles. The third kappa shape index (κ3) is 4.73. The van der Waals surface area contributed by atoms with Gasteiger partial charge < -0.3 is 10.1 Å². The van der Waals surface area contributed by atoms with Gasteiger partial charge in [-0.05, 0) is 63.4 Å². The normalized spacial score (nSPS) is 15.9. The summed E-state index contributed by atoms with van der Waals surface area (Å²) >= 11 is 0. The predicted octanol–water partition coefficient (Wildman–Crippen LogP) is 5.10. The monoisotopic (exact) mass is 579 g/mol. The van der Waals surface area contributed by atoms with Crippen molar-refractivity contribution in [2.75, 3.05) is 4.90 Å². The van der Waals surface area contributed by atoms with Crippen LogP contribution in [0, 0.1) is 11.3 Å². The Morgan fingerprint density at radius 2 is 1.91 bits per heavy atom. The fourth-order valence-electron chi connectivity index (χ4n) is 6.47. The number of aromatic nitrogens is 4. The van der Waals surface area contributed by atoms with Crippen molar-refractivity contribution in [2.24, 2.45) is 7.05 Å². The fraction of sp³-hybridized carbons (Fsp3) is 0.375. The summed E-state index contributed by atoms with van der Waals surface area (Å²) in [5.41, 5.74) is 2.12. The van der Waals surface area contributed by atoms with Gasteiger partial charge in [0.2, 0.25) is 5.91 Å². The molecule has 0 unspecified atom stereocenters. The molecule has 6 rings (SSSR count). The lowest BCUT2D eigenvalue weighted by atomic mass is 9.69. The number of nitrogens with zero attached hydrogens (tertiary/aromatic N) is 5. The minimum Gasteiger partial charge on any atom is -0.444 e. The molecule has 2 aliphatic rings. The predicted molar refractivity (Wildman–Crippen MR) is 161 cm³/mol. The average Bonchev–Trinajstić information content (AvgIpc) is 3.46. The summed E-state index contributed by atoms with van der Waals surface area (Å²) in [6.07, 6.45) is 5.39. The second-order valence-electron chi connectivity index (χ2n) is 12.2. The number of aryl methyl sites for hydroxylation is 1. The Labute approximate surface area is 248 Å². The number of aromatic amines is 1. The molecule has 1 aliphatic heterocycles. The number of benzene rings is 2.